The molecule has 1 atom stereocenters. The van der Waals surface area contributed by atoms with Gasteiger partial charge in [-0.25, -0.2) is 9.98 Å². The molecule has 2 aliphatic rings. The number of hydrogen-bond donors (Lipinski definition) is 0. The Hall–Kier alpha value is -1.35. The first-order chi connectivity index (χ1) is 7.84. The molecule has 0 amide bonds. The van der Waals surface area contributed by atoms with Crippen molar-refractivity contribution in [3.8, 4) is 0 Å². The monoisotopic (exact) mass is 228 g/mol. The summed E-state index contributed by atoms with van der Waals surface area (Å²) >= 11 is 4.98. The van der Waals surface area contributed by atoms with Crippen molar-refractivity contribution >= 4 is 29.3 Å². The lowest BCUT2D eigenvalue weighted by molar-refractivity contribution is 0.653. The lowest BCUT2D eigenvalue weighted by Crippen LogP contribution is -2.18. The Balaban J connectivity index is 2.02. The van der Waals surface area contributed by atoms with Crippen LogP contribution < -0.4 is 0 Å². The minimum Gasteiger partial charge on any atom is -0.225 e. The summed E-state index contributed by atoms with van der Waals surface area (Å²) in [4.78, 5) is 8.41. The van der Waals surface area contributed by atoms with Gasteiger partial charge in [0, 0.05) is 5.92 Å². The molecule has 3 rings (SSSR count). The number of rotatable bonds is 1. The van der Waals surface area contributed by atoms with E-state index in [1.54, 1.807) is 0 Å². The van der Waals surface area contributed by atoms with Crippen molar-refractivity contribution < 1.29 is 0 Å². The summed E-state index contributed by atoms with van der Waals surface area (Å²) in [6, 6.07) is 8.63. The maximum absolute atomic E-state index is 4.98. The minimum absolute atomic E-state index is 0.397. The van der Waals surface area contributed by atoms with E-state index in [1.165, 1.54) is 24.0 Å². The van der Waals surface area contributed by atoms with Crippen molar-refractivity contribution in [1.29, 1.82) is 0 Å². The Bertz CT molecular complexity index is 502. The molecule has 16 heavy (non-hydrogen) atoms. The van der Waals surface area contributed by atoms with Gasteiger partial charge in [0.15, 0.2) is 0 Å². The number of aliphatic imine (C=N–C) groups is 2. The van der Waals surface area contributed by atoms with Crippen LogP contribution in [0.5, 0.6) is 0 Å². The van der Waals surface area contributed by atoms with E-state index >= 15 is 0 Å². The van der Waals surface area contributed by atoms with Crippen molar-refractivity contribution in [2.45, 2.75) is 25.2 Å². The summed E-state index contributed by atoms with van der Waals surface area (Å²) in [5.74, 6) is 0.397. The van der Waals surface area contributed by atoms with E-state index in [-0.39, 0.29) is 0 Å². The van der Waals surface area contributed by atoms with E-state index in [0.29, 0.717) is 11.0 Å². The molecule has 1 heterocycles. The highest BCUT2D eigenvalue weighted by Crippen LogP contribution is 2.32. The SMILES string of the molecule is S=C1N=CC(C2CCCc3ccccc32)=N1. The third kappa shape index (κ3) is 1.61. The predicted octanol–water partition coefficient (Wildman–Crippen LogP) is 2.92. The van der Waals surface area contributed by atoms with Gasteiger partial charge in [-0.2, -0.15) is 0 Å². The minimum atomic E-state index is 0.397. The second kappa shape index (κ2) is 3.91. The molecule has 1 aromatic rings. The van der Waals surface area contributed by atoms with Gasteiger partial charge in [0.25, 0.3) is 0 Å². The van der Waals surface area contributed by atoms with Crippen LogP contribution >= 0.6 is 12.2 Å². The summed E-state index contributed by atoms with van der Waals surface area (Å²) < 4.78 is 0. The average molecular weight is 228 g/mol. The number of hydrogen-bond acceptors (Lipinski definition) is 1. The van der Waals surface area contributed by atoms with Gasteiger partial charge >= 0.3 is 0 Å². The molecule has 1 aromatic carbocycles. The van der Waals surface area contributed by atoms with Crippen LogP contribution in [-0.4, -0.2) is 17.0 Å². The predicted molar refractivity (Wildman–Crippen MR) is 70.6 cm³/mol. The molecule has 3 heteroatoms. The molecule has 0 aromatic heterocycles. The Morgan fingerprint density at radius 3 is 2.94 bits per heavy atom. The van der Waals surface area contributed by atoms with Crippen LogP contribution in [0, 0.1) is 0 Å². The van der Waals surface area contributed by atoms with Crippen molar-refractivity contribution in [3.05, 3.63) is 35.4 Å². The van der Waals surface area contributed by atoms with E-state index in [9.17, 15) is 0 Å². The number of thiocarbonyl (C=S) groups is 1. The van der Waals surface area contributed by atoms with E-state index in [4.69, 9.17) is 12.2 Å². The highest BCUT2D eigenvalue weighted by molar-refractivity contribution is 7.80. The maximum Gasteiger partial charge on any atom is 0.219 e. The summed E-state index contributed by atoms with van der Waals surface area (Å²) in [6.07, 6.45) is 5.39. The van der Waals surface area contributed by atoms with Gasteiger partial charge in [-0.15, -0.1) is 0 Å². The molecule has 0 N–H and O–H groups in total. The molecule has 0 saturated heterocycles. The fourth-order valence-electron chi connectivity index (χ4n) is 2.52. The first kappa shape index (κ1) is 9.85. The Labute approximate surface area is 100 Å². The van der Waals surface area contributed by atoms with Crippen molar-refractivity contribution in [1.82, 2.24) is 0 Å². The van der Waals surface area contributed by atoms with Crippen LogP contribution in [0.4, 0.5) is 0 Å². The van der Waals surface area contributed by atoms with E-state index in [1.807, 2.05) is 6.21 Å². The number of aryl methyl sites for hydroxylation is 1. The molecular weight excluding hydrogens is 216 g/mol. The molecule has 2 nitrogen and oxygen atoms in total. The van der Waals surface area contributed by atoms with E-state index in [2.05, 4.69) is 34.3 Å². The molecular formula is C13H12N2S. The zero-order chi connectivity index (χ0) is 11.0. The molecule has 0 radical (unpaired) electrons. The third-order valence-electron chi connectivity index (χ3n) is 3.26. The standard InChI is InChI=1S/C13H12N2S/c16-13-14-8-12(15-13)11-7-3-5-9-4-1-2-6-10(9)11/h1-2,4,6,8,11H,3,5,7H2. The van der Waals surface area contributed by atoms with Gasteiger partial charge < -0.3 is 0 Å². The van der Waals surface area contributed by atoms with Gasteiger partial charge in [0.2, 0.25) is 5.11 Å². The quantitative estimate of drug-likeness (QED) is 0.678. The van der Waals surface area contributed by atoms with Gasteiger partial charge in [-0.1, -0.05) is 24.3 Å². The fraction of sp³-hybridized carbons (Fsp3) is 0.308. The number of fused-ring (bicyclic) bond motifs is 1. The second-order valence-corrected chi connectivity index (χ2v) is 4.59. The normalized spacial score (nSPS) is 23.1. The molecule has 0 saturated carbocycles. The fourth-order valence-corrected chi connectivity index (χ4v) is 2.68. The first-order valence-electron chi connectivity index (χ1n) is 5.59. The van der Waals surface area contributed by atoms with Crippen LogP contribution in [0.15, 0.2) is 34.3 Å². The highest BCUT2D eigenvalue weighted by atomic mass is 32.1. The lowest BCUT2D eigenvalue weighted by atomic mass is 9.80. The summed E-state index contributed by atoms with van der Waals surface area (Å²) in [6.45, 7) is 0. The third-order valence-corrected chi connectivity index (χ3v) is 3.46. The van der Waals surface area contributed by atoms with Crippen LogP contribution in [-0.2, 0) is 6.42 Å². The van der Waals surface area contributed by atoms with E-state index < -0.39 is 0 Å². The molecule has 1 aliphatic heterocycles. The molecule has 1 unspecified atom stereocenters. The summed E-state index contributed by atoms with van der Waals surface area (Å²) in [5.41, 5.74) is 3.90. The molecule has 1 aliphatic carbocycles. The zero-order valence-corrected chi connectivity index (χ0v) is 9.70. The smallest absolute Gasteiger partial charge is 0.219 e. The molecule has 0 spiro atoms. The van der Waals surface area contributed by atoms with Gasteiger partial charge in [-0.3, -0.25) is 0 Å². The summed E-state index contributed by atoms with van der Waals surface area (Å²) in [7, 11) is 0. The van der Waals surface area contributed by atoms with Gasteiger partial charge in [0.05, 0.1) is 11.9 Å². The Morgan fingerprint density at radius 1 is 1.25 bits per heavy atom. The van der Waals surface area contributed by atoms with Crippen LogP contribution in [0.3, 0.4) is 0 Å². The van der Waals surface area contributed by atoms with Crippen molar-refractivity contribution in [3.63, 3.8) is 0 Å². The van der Waals surface area contributed by atoms with Gasteiger partial charge in [0.1, 0.15) is 0 Å². The average Bonchev–Trinajstić information content (AvgIpc) is 2.75. The zero-order valence-electron chi connectivity index (χ0n) is 8.89. The maximum atomic E-state index is 4.98. The first-order valence-corrected chi connectivity index (χ1v) is 6.00. The molecule has 0 bridgehead atoms. The Kier molecular flexibility index (Phi) is 2.40. The number of nitrogens with zero attached hydrogens (tertiary/aromatic N) is 2. The van der Waals surface area contributed by atoms with Crippen molar-refractivity contribution in [2.75, 3.05) is 0 Å². The van der Waals surface area contributed by atoms with Gasteiger partial charge in [-0.05, 0) is 42.6 Å². The second-order valence-electron chi connectivity index (χ2n) is 4.22. The summed E-state index contributed by atoms with van der Waals surface area (Å²) in [5, 5.41) is 0.470. The topological polar surface area (TPSA) is 24.7 Å². The Morgan fingerprint density at radius 2 is 2.12 bits per heavy atom. The highest BCUT2D eigenvalue weighted by Gasteiger charge is 2.25. The lowest BCUT2D eigenvalue weighted by Gasteiger charge is -2.24. The van der Waals surface area contributed by atoms with Crippen molar-refractivity contribution in [2.24, 2.45) is 9.98 Å². The van der Waals surface area contributed by atoms with Crippen LogP contribution in [0.1, 0.15) is 29.9 Å². The molecule has 80 valence electrons. The van der Waals surface area contributed by atoms with Crippen LogP contribution in [0.25, 0.3) is 0 Å². The molecule has 0 fully saturated rings. The largest absolute Gasteiger partial charge is 0.225 e. The number of benzene rings is 1. The van der Waals surface area contributed by atoms with E-state index in [0.717, 1.165) is 12.1 Å². The van der Waals surface area contributed by atoms with Crippen LogP contribution in [0.2, 0.25) is 0 Å².